The third kappa shape index (κ3) is 4.70. The van der Waals surface area contributed by atoms with Gasteiger partial charge in [-0.3, -0.25) is 9.59 Å². The zero-order chi connectivity index (χ0) is 18.6. The normalized spacial score (nSPS) is 12.0. The van der Waals surface area contributed by atoms with Crippen molar-refractivity contribution in [3.8, 4) is 0 Å². The molecular weight excluding hydrogens is 344 g/mol. The summed E-state index contributed by atoms with van der Waals surface area (Å²) in [4.78, 5) is 35.6. The Balaban J connectivity index is 2.26. The average molecular weight is 363 g/mol. The number of aromatic nitrogens is 1. The number of carbonyl (C=O) groups excluding carboxylic acids is 1. The van der Waals surface area contributed by atoms with Crippen LogP contribution in [0.4, 0.5) is 0 Å². The lowest BCUT2D eigenvalue weighted by atomic mass is 10.0. The van der Waals surface area contributed by atoms with E-state index in [9.17, 15) is 19.5 Å². The smallest absolute Gasteiger partial charge is 0.326 e. The van der Waals surface area contributed by atoms with Gasteiger partial charge in [0.2, 0.25) is 0 Å². The minimum Gasteiger partial charge on any atom is -0.480 e. The van der Waals surface area contributed by atoms with Crippen LogP contribution in [0.3, 0.4) is 0 Å². The van der Waals surface area contributed by atoms with E-state index < -0.39 is 17.9 Å². The van der Waals surface area contributed by atoms with Gasteiger partial charge in [-0.1, -0.05) is 43.6 Å². The van der Waals surface area contributed by atoms with Gasteiger partial charge in [0.05, 0.1) is 12.1 Å². The van der Waals surface area contributed by atoms with Crippen LogP contribution in [-0.2, 0) is 11.3 Å². The van der Waals surface area contributed by atoms with Gasteiger partial charge in [-0.15, -0.1) is 0 Å². The van der Waals surface area contributed by atoms with E-state index in [0.717, 1.165) is 5.56 Å². The Bertz CT molecular complexity index is 845. The number of benzene rings is 1. The molecule has 1 aromatic carbocycles. The highest BCUT2D eigenvalue weighted by Crippen LogP contribution is 2.15. The molecule has 2 aromatic rings. The molecule has 0 unspecified atom stereocenters. The number of carboxylic acids is 1. The quantitative estimate of drug-likeness (QED) is 0.825. The molecule has 1 aromatic heterocycles. The van der Waals surface area contributed by atoms with Crippen LogP contribution in [0.2, 0.25) is 5.02 Å². The Labute approximate surface area is 150 Å². The van der Waals surface area contributed by atoms with Crippen molar-refractivity contribution in [2.75, 3.05) is 0 Å². The van der Waals surface area contributed by atoms with Crippen LogP contribution in [-0.4, -0.2) is 27.6 Å². The largest absolute Gasteiger partial charge is 0.480 e. The third-order valence-electron chi connectivity index (χ3n) is 3.76. The Morgan fingerprint density at radius 2 is 1.88 bits per heavy atom. The highest BCUT2D eigenvalue weighted by Gasteiger charge is 2.24. The van der Waals surface area contributed by atoms with E-state index in [1.54, 1.807) is 32.0 Å². The maximum Gasteiger partial charge on any atom is 0.326 e. The first kappa shape index (κ1) is 18.7. The van der Waals surface area contributed by atoms with E-state index in [0.29, 0.717) is 5.02 Å². The number of carbonyl (C=O) groups is 2. The number of rotatable bonds is 6. The van der Waals surface area contributed by atoms with Crippen molar-refractivity contribution in [1.82, 2.24) is 9.88 Å². The van der Waals surface area contributed by atoms with Crippen molar-refractivity contribution >= 4 is 23.5 Å². The van der Waals surface area contributed by atoms with Crippen LogP contribution in [0.1, 0.15) is 29.8 Å². The van der Waals surface area contributed by atoms with Gasteiger partial charge >= 0.3 is 5.97 Å². The van der Waals surface area contributed by atoms with Crippen LogP contribution < -0.4 is 10.9 Å². The second-order valence-corrected chi connectivity index (χ2v) is 6.42. The molecule has 0 aliphatic heterocycles. The highest BCUT2D eigenvalue weighted by atomic mass is 35.5. The fourth-order valence-electron chi connectivity index (χ4n) is 2.34. The molecule has 1 amide bonds. The topological polar surface area (TPSA) is 88.4 Å². The molecule has 0 saturated carbocycles. The van der Waals surface area contributed by atoms with Crippen LogP contribution in [0, 0.1) is 5.92 Å². The Kier molecular flexibility index (Phi) is 5.98. The summed E-state index contributed by atoms with van der Waals surface area (Å²) in [5.41, 5.74) is 0.670. The van der Waals surface area contributed by atoms with Crippen LogP contribution >= 0.6 is 11.6 Å². The molecule has 2 N–H and O–H groups in total. The molecule has 0 saturated heterocycles. The summed E-state index contributed by atoms with van der Waals surface area (Å²) in [6.07, 6.45) is 1.40. The highest BCUT2D eigenvalue weighted by molar-refractivity contribution is 6.31. The summed E-state index contributed by atoms with van der Waals surface area (Å²) in [7, 11) is 0. The molecule has 0 spiro atoms. The van der Waals surface area contributed by atoms with Gasteiger partial charge in [-0.25, -0.2) is 4.79 Å². The molecule has 6 nitrogen and oxygen atoms in total. The summed E-state index contributed by atoms with van der Waals surface area (Å²) in [5, 5.41) is 12.2. The first-order valence-corrected chi connectivity index (χ1v) is 8.15. The van der Waals surface area contributed by atoms with E-state index in [2.05, 4.69) is 5.32 Å². The van der Waals surface area contributed by atoms with Gasteiger partial charge in [0.15, 0.2) is 0 Å². The zero-order valence-corrected chi connectivity index (χ0v) is 14.7. The third-order valence-corrected chi connectivity index (χ3v) is 4.13. The number of hydrogen-bond acceptors (Lipinski definition) is 3. The lowest BCUT2D eigenvalue weighted by Gasteiger charge is -2.18. The van der Waals surface area contributed by atoms with Gasteiger partial charge in [0.25, 0.3) is 11.5 Å². The van der Waals surface area contributed by atoms with Crippen molar-refractivity contribution in [2.45, 2.75) is 26.4 Å². The second-order valence-electron chi connectivity index (χ2n) is 6.01. The minimum absolute atomic E-state index is 0.207. The van der Waals surface area contributed by atoms with Gasteiger partial charge in [-0.05, 0) is 23.6 Å². The standard InChI is InChI=1S/C18H19ClN2O4/c1-11(2)16(18(24)25)20-17(23)13-7-8-15(22)21(10-13)9-12-5-3-4-6-14(12)19/h3-8,10-11,16H,9H2,1-2H3,(H,20,23)(H,24,25)/t16-/m1/s1. The van der Waals surface area contributed by atoms with Crippen molar-refractivity contribution in [2.24, 2.45) is 5.92 Å². The van der Waals surface area contributed by atoms with E-state index in [1.165, 1.54) is 22.9 Å². The Hall–Kier alpha value is -2.60. The number of carboxylic acid groups (broad SMARTS) is 1. The van der Waals surface area contributed by atoms with Gasteiger partial charge in [0, 0.05) is 17.3 Å². The number of nitrogens with zero attached hydrogens (tertiary/aromatic N) is 1. The number of hydrogen-bond donors (Lipinski definition) is 2. The monoisotopic (exact) mass is 362 g/mol. The second kappa shape index (κ2) is 7.98. The average Bonchev–Trinajstić information content (AvgIpc) is 2.55. The molecule has 2 rings (SSSR count). The zero-order valence-electron chi connectivity index (χ0n) is 13.9. The Morgan fingerprint density at radius 3 is 2.48 bits per heavy atom. The van der Waals surface area contributed by atoms with Gasteiger partial charge in [-0.2, -0.15) is 0 Å². The summed E-state index contributed by atoms with van der Waals surface area (Å²) in [5.74, 6) is -1.92. The molecule has 7 heteroatoms. The lowest BCUT2D eigenvalue weighted by molar-refractivity contribution is -0.140. The fraction of sp³-hybridized carbons (Fsp3) is 0.278. The summed E-state index contributed by atoms with van der Waals surface area (Å²) in [6, 6.07) is 8.76. The predicted molar refractivity (Wildman–Crippen MR) is 95.0 cm³/mol. The first-order valence-electron chi connectivity index (χ1n) is 7.77. The Morgan fingerprint density at radius 1 is 1.20 bits per heavy atom. The van der Waals surface area contributed by atoms with E-state index in [4.69, 9.17) is 11.6 Å². The minimum atomic E-state index is -1.10. The molecule has 25 heavy (non-hydrogen) atoms. The lowest BCUT2D eigenvalue weighted by Crippen LogP contribution is -2.44. The maximum absolute atomic E-state index is 12.3. The molecule has 1 heterocycles. The number of amides is 1. The van der Waals surface area contributed by atoms with Crippen LogP contribution in [0.15, 0.2) is 47.4 Å². The molecule has 0 radical (unpaired) electrons. The molecule has 0 aliphatic rings. The fourth-order valence-corrected chi connectivity index (χ4v) is 2.53. The number of pyridine rings is 1. The van der Waals surface area contributed by atoms with Crippen molar-refractivity contribution in [3.63, 3.8) is 0 Å². The van der Waals surface area contributed by atoms with Gasteiger partial charge < -0.3 is 15.0 Å². The first-order chi connectivity index (χ1) is 11.8. The molecule has 0 aliphatic carbocycles. The van der Waals surface area contributed by atoms with Crippen molar-refractivity contribution in [3.05, 3.63) is 69.1 Å². The maximum atomic E-state index is 12.3. The van der Waals surface area contributed by atoms with Crippen molar-refractivity contribution in [1.29, 1.82) is 0 Å². The molecule has 132 valence electrons. The molecular formula is C18H19ClN2O4. The van der Waals surface area contributed by atoms with E-state index >= 15 is 0 Å². The van der Waals surface area contributed by atoms with E-state index in [1.807, 2.05) is 6.07 Å². The van der Waals surface area contributed by atoms with Gasteiger partial charge in [0.1, 0.15) is 6.04 Å². The molecule has 1 atom stereocenters. The summed E-state index contributed by atoms with van der Waals surface area (Å²) >= 11 is 6.11. The SMILES string of the molecule is CC(C)[C@@H](NC(=O)c1ccc(=O)n(Cc2ccccc2Cl)c1)C(=O)O. The van der Waals surface area contributed by atoms with Crippen LogP contribution in [0.25, 0.3) is 0 Å². The molecule has 0 fully saturated rings. The van der Waals surface area contributed by atoms with Crippen LogP contribution in [0.5, 0.6) is 0 Å². The number of nitrogens with one attached hydrogen (secondary N) is 1. The van der Waals surface area contributed by atoms with E-state index in [-0.39, 0.29) is 23.6 Å². The number of aliphatic carboxylic acids is 1. The van der Waals surface area contributed by atoms with Crippen molar-refractivity contribution < 1.29 is 14.7 Å². The predicted octanol–water partition coefficient (Wildman–Crippen LogP) is 2.39. The number of halogens is 1. The summed E-state index contributed by atoms with van der Waals surface area (Å²) < 4.78 is 1.36. The summed E-state index contributed by atoms with van der Waals surface area (Å²) in [6.45, 7) is 3.63. The molecule has 0 bridgehead atoms.